The summed E-state index contributed by atoms with van der Waals surface area (Å²) in [5, 5.41) is 24.8. The summed E-state index contributed by atoms with van der Waals surface area (Å²) in [6, 6.07) is 7.64. The molecule has 2 heterocycles. The highest BCUT2D eigenvalue weighted by Crippen LogP contribution is 2.68. The number of nitrogens with zero attached hydrogens (tertiary/aromatic N) is 4. The van der Waals surface area contributed by atoms with E-state index in [0.29, 0.717) is 36.4 Å². The van der Waals surface area contributed by atoms with E-state index in [1.54, 1.807) is 17.8 Å². The number of hydrogen-bond acceptors (Lipinski definition) is 7. The van der Waals surface area contributed by atoms with Crippen molar-refractivity contribution in [1.29, 1.82) is 0 Å². The Kier molecular flexibility index (Phi) is 4.76. The summed E-state index contributed by atoms with van der Waals surface area (Å²) in [5.74, 6) is 0.332. The molecule has 3 aromatic rings. The van der Waals surface area contributed by atoms with Gasteiger partial charge in [0.15, 0.2) is 17.0 Å². The lowest BCUT2D eigenvalue weighted by atomic mass is 9.92. The van der Waals surface area contributed by atoms with E-state index < -0.39 is 23.7 Å². The zero-order valence-corrected chi connectivity index (χ0v) is 18.0. The van der Waals surface area contributed by atoms with E-state index in [9.17, 15) is 15.0 Å². The van der Waals surface area contributed by atoms with Crippen LogP contribution in [0.4, 0.5) is 5.82 Å². The first-order chi connectivity index (χ1) is 14.9. The minimum atomic E-state index is -1.09. The fourth-order valence-corrected chi connectivity index (χ4v) is 5.38. The maximum Gasteiger partial charge on any atom is 0.226 e. The molecule has 2 aliphatic carbocycles. The fraction of sp³-hybridized carbons (Fsp3) is 0.455. The van der Waals surface area contributed by atoms with E-state index in [4.69, 9.17) is 11.6 Å². The van der Waals surface area contributed by atoms with Crippen molar-refractivity contribution < 1.29 is 15.0 Å². The van der Waals surface area contributed by atoms with Crippen LogP contribution in [0.15, 0.2) is 30.6 Å². The minimum absolute atomic E-state index is 0.0101. The zero-order valence-electron chi connectivity index (χ0n) is 17.3. The van der Waals surface area contributed by atoms with Crippen LogP contribution >= 0.6 is 11.6 Å². The van der Waals surface area contributed by atoms with Gasteiger partial charge in [-0.25, -0.2) is 4.98 Å². The van der Waals surface area contributed by atoms with Gasteiger partial charge >= 0.3 is 0 Å². The predicted molar refractivity (Wildman–Crippen MR) is 116 cm³/mol. The number of benzene rings is 1. The van der Waals surface area contributed by atoms with Gasteiger partial charge < -0.3 is 20.1 Å². The normalized spacial score (nSPS) is 29.2. The molecule has 5 rings (SSSR count). The zero-order chi connectivity index (χ0) is 21.9. The molecule has 2 saturated carbocycles. The van der Waals surface area contributed by atoms with Crippen molar-refractivity contribution >= 4 is 34.4 Å². The quantitative estimate of drug-likeness (QED) is 0.504. The summed E-state index contributed by atoms with van der Waals surface area (Å²) in [6.07, 6.45) is 0.296. The molecule has 0 amide bonds. The fourth-order valence-electron chi connectivity index (χ4n) is 5.21. The first-order valence-electron chi connectivity index (χ1n) is 10.5. The Bertz CT molecular complexity index is 1180. The van der Waals surface area contributed by atoms with Gasteiger partial charge in [0.1, 0.15) is 11.9 Å². The molecule has 2 aliphatic rings. The summed E-state index contributed by atoms with van der Waals surface area (Å²) in [4.78, 5) is 25.6. The van der Waals surface area contributed by atoms with Crippen molar-refractivity contribution in [3.63, 3.8) is 0 Å². The second-order valence-corrected chi connectivity index (χ2v) is 8.90. The largest absolute Gasteiger partial charge is 0.389 e. The van der Waals surface area contributed by atoms with Crippen molar-refractivity contribution in [1.82, 2.24) is 19.5 Å². The van der Waals surface area contributed by atoms with Crippen LogP contribution in [0.3, 0.4) is 0 Å². The summed E-state index contributed by atoms with van der Waals surface area (Å²) in [6.45, 7) is 4.36. The molecule has 0 aliphatic heterocycles. The number of aliphatic hydroxyl groups is 2. The number of halogens is 1. The second kappa shape index (κ2) is 7.25. The lowest BCUT2D eigenvalue weighted by Gasteiger charge is -2.23. The molecular weight excluding hydrogens is 418 g/mol. The van der Waals surface area contributed by atoms with Gasteiger partial charge in [0.05, 0.1) is 23.9 Å². The van der Waals surface area contributed by atoms with Gasteiger partial charge in [-0.2, -0.15) is 9.97 Å². The highest BCUT2D eigenvalue weighted by atomic mass is 35.5. The van der Waals surface area contributed by atoms with Crippen molar-refractivity contribution in [2.45, 2.75) is 51.5 Å². The third-order valence-corrected chi connectivity index (χ3v) is 6.94. The van der Waals surface area contributed by atoms with Gasteiger partial charge in [-0.3, -0.25) is 4.79 Å². The number of aryl methyl sites for hydroxylation is 1. The van der Waals surface area contributed by atoms with Crippen LogP contribution < -0.4 is 5.32 Å². The topological polar surface area (TPSA) is 113 Å². The number of fused-ring (bicyclic) bond motifs is 2. The lowest BCUT2D eigenvalue weighted by molar-refractivity contribution is -0.130. The third kappa shape index (κ3) is 3.04. The predicted octanol–water partition coefficient (Wildman–Crippen LogP) is 2.66. The van der Waals surface area contributed by atoms with Gasteiger partial charge in [0.25, 0.3) is 0 Å². The Morgan fingerprint density at radius 1 is 1.35 bits per heavy atom. The second-order valence-electron chi connectivity index (χ2n) is 8.56. The van der Waals surface area contributed by atoms with Crippen LogP contribution in [0.5, 0.6) is 0 Å². The molecule has 3 N–H and O–H groups in total. The third-order valence-electron chi connectivity index (χ3n) is 6.77. The molecule has 2 aromatic heterocycles. The Hall–Kier alpha value is -2.55. The summed E-state index contributed by atoms with van der Waals surface area (Å²) in [5.41, 5.74) is 2.39. The van der Waals surface area contributed by atoms with Crippen LogP contribution in [0.1, 0.15) is 36.9 Å². The molecule has 1 unspecified atom stereocenters. The standard InChI is InChI=1S/C22H24ClN5O3/c1-3-14(29)22-8-13(22)16(17(30)18(22)31)28-10-25-15-19(26-21(23)27-20(15)28)24-9-12-6-4-5-11(2)7-12/h4-7,10,13,16-18,30-31H,3,8-9H2,1-2H3,(H,24,26,27)/t13-,16-,17?,18-,22-/m1/s1. The number of rotatable bonds is 6. The number of carbonyl (C=O) groups is 1. The molecule has 0 saturated heterocycles. The van der Waals surface area contributed by atoms with E-state index in [0.717, 1.165) is 11.1 Å². The summed E-state index contributed by atoms with van der Waals surface area (Å²) >= 11 is 6.21. The van der Waals surface area contributed by atoms with E-state index in [1.165, 1.54) is 0 Å². The van der Waals surface area contributed by atoms with Gasteiger partial charge in [-0.1, -0.05) is 36.8 Å². The molecule has 31 heavy (non-hydrogen) atoms. The monoisotopic (exact) mass is 441 g/mol. The van der Waals surface area contributed by atoms with Crippen molar-refractivity contribution in [3.05, 3.63) is 47.0 Å². The van der Waals surface area contributed by atoms with Crippen LogP contribution in [-0.2, 0) is 11.3 Å². The number of aromatic nitrogens is 4. The maximum absolute atomic E-state index is 12.5. The minimum Gasteiger partial charge on any atom is -0.389 e. The number of ketones is 1. The smallest absolute Gasteiger partial charge is 0.226 e. The average Bonchev–Trinajstić information content (AvgIpc) is 3.29. The molecule has 0 radical (unpaired) electrons. The Morgan fingerprint density at radius 3 is 2.90 bits per heavy atom. The number of carbonyl (C=O) groups excluding carboxylic acids is 1. The Morgan fingerprint density at radius 2 is 2.16 bits per heavy atom. The van der Waals surface area contributed by atoms with Gasteiger partial charge in [0, 0.05) is 13.0 Å². The number of hydrogen-bond donors (Lipinski definition) is 3. The first-order valence-corrected chi connectivity index (χ1v) is 10.8. The molecule has 0 spiro atoms. The van der Waals surface area contributed by atoms with Gasteiger partial charge in [-0.15, -0.1) is 0 Å². The highest BCUT2D eigenvalue weighted by Gasteiger charge is 2.74. The molecule has 9 heteroatoms. The van der Waals surface area contributed by atoms with Gasteiger partial charge in [-0.05, 0) is 36.4 Å². The SMILES string of the molecule is CCC(=O)[C@@]12C[C@@H]1[C@@H](n1cnc3c(NCc4cccc(C)c4)nc(Cl)nc31)C(O)[C@H]2O. The number of nitrogens with one attached hydrogen (secondary N) is 1. The molecular formula is C22H24ClN5O3. The van der Waals surface area contributed by atoms with Crippen LogP contribution in [0.2, 0.25) is 5.28 Å². The van der Waals surface area contributed by atoms with Crippen molar-refractivity contribution in [2.24, 2.45) is 11.3 Å². The van der Waals surface area contributed by atoms with Crippen LogP contribution in [-0.4, -0.2) is 47.7 Å². The number of anilines is 1. The van der Waals surface area contributed by atoms with Crippen molar-refractivity contribution in [2.75, 3.05) is 5.32 Å². The number of Topliss-reactive ketones (excluding diaryl/α,β-unsaturated/α-hetero) is 1. The highest BCUT2D eigenvalue weighted by molar-refractivity contribution is 6.28. The molecule has 2 fully saturated rings. The summed E-state index contributed by atoms with van der Waals surface area (Å²) < 4.78 is 1.73. The Labute approximate surface area is 184 Å². The molecule has 1 aromatic carbocycles. The Balaban J connectivity index is 1.49. The van der Waals surface area contributed by atoms with Crippen LogP contribution in [0.25, 0.3) is 11.2 Å². The van der Waals surface area contributed by atoms with E-state index in [2.05, 4.69) is 26.3 Å². The maximum atomic E-state index is 12.5. The molecule has 5 atom stereocenters. The van der Waals surface area contributed by atoms with E-state index in [1.807, 2.05) is 25.1 Å². The number of aliphatic hydroxyl groups excluding tert-OH is 2. The van der Waals surface area contributed by atoms with E-state index >= 15 is 0 Å². The summed E-state index contributed by atoms with van der Waals surface area (Å²) in [7, 11) is 0. The van der Waals surface area contributed by atoms with Gasteiger partial charge in [0.2, 0.25) is 5.28 Å². The molecule has 0 bridgehead atoms. The number of imidazole rings is 1. The average molecular weight is 442 g/mol. The first kappa shape index (κ1) is 20.4. The molecule has 8 nitrogen and oxygen atoms in total. The van der Waals surface area contributed by atoms with Crippen LogP contribution in [0, 0.1) is 18.3 Å². The molecule has 162 valence electrons. The lowest BCUT2D eigenvalue weighted by Crippen LogP contribution is -2.37. The van der Waals surface area contributed by atoms with Crippen molar-refractivity contribution in [3.8, 4) is 0 Å². The van der Waals surface area contributed by atoms with E-state index in [-0.39, 0.29) is 17.0 Å².